The lowest BCUT2D eigenvalue weighted by Crippen LogP contribution is -2.37. The van der Waals surface area contributed by atoms with Crippen LogP contribution in [0.4, 0.5) is 0 Å². The fourth-order valence-corrected chi connectivity index (χ4v) is 4.30. The Kier molecular flexibility index (Phi) is 5.98. The fourth-order valence-electron chi connectivity index (χ4n) is 2.62. The fraction of sp³-hybridized carbons (Fsp3) is 0.105. The van der Waals surface area contributed by atoms with Crippen LogP contribution in [0.2, 0.25) is 0 Å². The van der Waals surface area contributed by atoms with Gasteiger partial charge in [-0.05, 0) is 29.8 Å². The molecule has 1 aliphatic heterocycles. The van der Waals surface area contributed by atoms with Crippen molar-refractivity contribution in [3.8, 4) is 5.75 Å². The van der Waals surface area contributed by atoms with E-state index in [9.17, 15) is 14.7 Å². The van der Waals surface area contributed by atoms with Crippen LogP contribution in [0.1, 0.15) is 17.2 Å². The van der Waals surface area contributed by atoms with Crippen LogP contribution >= 0.6 is 39.9 Å². The first-order chi connectivity index (χ1) is 12.9. The van der Waals surface area contributed by atoms with Gasteiger partial charge in [-0.2, -0.15) is 0 Å². The zero-order valence-corrected chi connectivity index (χ0v) is 17.3. The van der Waals surface area contributed by atoms with Gasteiger partial charge in [-0.15, -0.1) is 0 Å². The third-order valence-corrected chi connectivity index (χ3v) is 5.72. The Hall–Kier alpha value is -2.16. The number of phenols is 1. The van der Waals surface area contributed by atoms with Crippen LogP contribution in [0, 0.1) is 0 Å². The Morgan fingerprint density at radius 2 is 2.00 bits per heavy atom. The zero-order chi connectivity index (χ0) is 19.6. The molecule has 1 N–H and O–H groups in total. The van der Waals surface area contributed by atoms with E-state index in [-0.39, 0.29) is 10.1 Å². The van der Waals surface area contributed by atoms with E-state index in [0.717, 1.165) is 16.2 Å². The second-order valence-corrected chi connectivity index (χ2v) is 8.18. The Morgan fingerprint density at radius 3 is 2.67 bits per heavy atom. The van der Waals surface area contributed by atoms with Gasteiger partial charge < -0.3 is 9.84 Å². The molecule has 1 heterocycles. The average molecular weight is 464 g/mol. The van der Waals surface area contributed by atoms with E-state index >= 15 is 0 Å². The Morgan fingerprint density at radius 1 is 1.30 bits per heavy atom. The van der Waals surface area contributed by atoms with Gasteiger partial charge in [0.15, 0.2) is 6.04 Å². The first-order valence-electron chi connectivity index (χ1n) is 7.80. The minimum atomic E-state index is -0.967. The van der Waals surface area contributed by atoms with E-state index in [1.54, 1.807) is 42.5 Å². The second-order valence-electron chi connectivity index (χ2n) is 5.59. The highest BCUT2D eigenvalue weighted by atomic mass is 79.9. The minimum Gasteiger partial charge on any atom is -0.507 e. The molecule has 0 aromatic heterocycles. The first kappa shape index (κ1) is 19.6. The predicted octanol–water partition coefficient (Wildman–Crippen LogP) is 4.27. The summed E-state index contributed by atoms with van der Waals surface area (Å²) in [6.45, 7) is 0. The van der Waals surface area contributed by atoms with Crippen LogP contribution in [-0.4, -0.2) is 33.3 Å². The van der Waals surface area contributed by atoms with Gasteiger partial charge in [0.1, 0.15) is 10.1 Å². The average Bonchev–Trinajstić information content (AvgIpc) is 2.93. The van der Waals surface area contributed by atoms with Crippen LogP contribution < -0.4 is 0 Å². The number of carbonyl (C=O) groups excluding carboxylic acids is 2. The molecule has 0 spiro atoms. The van der Waals surface area contributed by atoms with E-state index in [4.69, 9.17) is 17.0 Å². The van der Waals surface area contributed by atoms with Crippen molar-refractivity contribution in [1.29, 1.82) is 0 Å². The molecule has 0 aliphatic carbocycles. The molecule has 1 fully saturated rings. The van der Waals surface area contributed by atoms with E-state index in [1.165, 1.54) is 18.1 Å². The molecule has 1 aliphatic rings. The number of esters is 1. The summed E-state index contributed by atoms with van der Waals surface area (Å²) in [7, 11) is 1.27. The number of hydrogen-bond donors (Lipinski definition) is 1. The second kappa shape index (κ2) is 8.24. The van der Waals surface area contributed by atoms with Crippen LogP contribution in [0.15, 0.2) is 57.9 Å². The normalized spacial score (nSPS) is 16.7. The van der Waals surface area contributed by atoms with Gasteiger partial charge in [-0.1, -0.05) is 70.2 Å². The summed E-state index contributed by atoms with van der Waals surface area (Å²) in [4.78, 5) is 27.0. The van der Waals surface area contributed by atoms with Gasteiger partial charge in [0.2, 0.25) is 0 Å². The lowest BCUT2D eigenvalue weighted by molar-refractivity contribution is -0.148. The number of benzene rings is 2. The Bertz CT molecular complexity index is 946. The number of methoxy groups -OCH3 is 1. The molecule has 1 unspecified atom stereocenters. The molecule has 0 bridgehead atoms. The Balaban J connectivity index is 2.00. The number of phenolic OH excluding ortho intramolecular Hbond substituents is 1. The minimum absolute atomic E-state index is 0.0380. The van der Waals surface area contributed by atoms with Crippen molar-refractivity contribution in [2.45, 2.75) is 6.04 Å². The number of halogens is 1. The van der Waals surface area contributed by atoms with Gasteiger partial charge in [-0.3, -0.25) is 9.69 Å². The maximum Gasteiger partial charge on any atom is 0.333 e. The van der Waals surface area contributed by atoms with Gasteiger partial charge in [0.25, 0.3) is 5.91 Å². The zero-order valence-electron chi connectivity index (χ0n) is 14.1. The summed E-state index contributed by atoms with van der Waals surface area (Å²) >= 11 is 9.77. The first-order valence-corrected chi connectivity index (χ1v) is 9.82. The lowest BCUT2D eigenvalue weighted by Gasteiger charge is -2.24. The number of nitrogens with zero attached hydrogens (tertiary/aromatic N) is 1. The summed E-state index contributed by atoms with van der Waals surface area (Å²) in [5.41, 5.74) is 1.08. The van der Waals surface area contributed by atoms with Crippen molar-refractivity contribution in [3.63, 3.8) is 0 Å². The molecule has 27 heavy (non-hydrogen) atoms. The summed E-state index contributed by atoms with van der Waals surface area (Å²) in [6.07, 6.45) is 1.55. The third kappa shape index (κ3) is 4.07. The van der Waals surface area contributed by atoms with Crippen LogP contribution in [0.25, 0.3) is 6.08 Å². The van der Waals surface area contributed by atoms with Crippen molar-refractivity contribution in [1.82, 2.24) is 4.90 Å². The maximum atomic E-state index is 13.0. The molecule has 3 rings (SSSR count). The SMILES string of the molecule is COC(=O)C(c1ccccc1)N1C(=O)/C(=C\c2cc(Br)ccc2O)SC1=S. The van der Waals surface area contributed by atoms with Crippen molar-refractivity contribution in [2.24, 2.45) is 0 Å². The smallest absolute Gasteiger partial charge is 0.333 e. The number of aromatic hydroxyl groups is 1. The Labute approximate surface area is 174 Å². The topological polar surface area (TPSA) is 66.8 Å². The molecule has 2 aromatic rings. The lowest BCUT2D eigenvalue weighted by atomic mass is 10.1. The molecule has 1 atom stereocenters. The summed E-state index contributed by atoms with van der Waals surface area (Å²) < 4.78 is 5.91. The summed E-state index contributed by atoms with van der Waals surface area (Å²) in [5, 5.41) is 10.0. The molecule has 0 radical (unpaired) electrons. The highest BCUT2D eigenvalue weighted by Crippen LogP contribution is 2.39. The van der Waals surface area contributed by atoms with Crippen LogP contribution in [0.3, 0.4) is 0 Å². The monoisotopic (exact) mass is 463 g/mol. The number of ether oxygens (including phenoxy) is 1. The number of thiocarbonyl (C=S) groups is 1. The number of thioether (sulfide) groups is 1. The standard InChI is InChI=1S/C19H14BrNO4S2/c1-25-18(24)16(11-5-3-2-4-6-11)21-17(23)15(27-19(21)26)10-12-9-13(20)7-8-14(12)22/h2-10,16,22H,1H3/b15-10+. The van der Waals surface area contributed by atoms with E-state index in [1.807, 2.05) is 6.07 Å². The largest absolute Gasteiger partial charge is 0.507 e. The van der Waals surface area contributed by atoms with Crippen molar-refractivity contribution < 1.29 is 19.4 Å². The van der Waals surface area contributed by atoms with Gasteiger partial charge in [-0.25, -0.2) is 4.79 Å². The predicted molar refractivity (Wildman–Crippen MR) is 112 cm³/mol. The summed E-state index contributed by atoms with van der Waals surface area (Å²) in [6, 6.07) is 12.8. The van der Waals surface area contributed by atoms with E-state index in [2.05, 4.69) is 15.9 Å². The van der Waals surface area contributed by atoms with Crippen molar-refractivity contribution >= 4 is 62.2 Å². The molecule has 0 saturated carbocycles. The van der Waals surface area contributed by atoms with Gasteiger partial charge in [0.05, 0.1) is 12.0 Å². The number of hydrogen-bond acceptors (Lipinski definition) is 6. The number of rotatable bonds is 4. The van der Waals surface area contributed by atoms with Crippen molar-refractivity contribution in [2.75, 3.05) is 7.11 Å². The molecular weight excluding hydrogens is 450 g/mol. The van der Waals surface area contributed by atoms with Crippen molar-refractivity contribution in [3.05, 3.63) is 69.0 Å². The van der Waals surface area contributed by atoms with Gasteiger partial charge in [0, 0.05) is 10.0 Å². The highest BCUT2D eigenvalue weighted by molar-refractivity contribution is 9.10. The highest BCUT2D eigenvalue weighted by Gasteiger charge is 2.41. The molecular formula is C19H14BrNO4S2. The number of carbonyl (C=O) groups is 2. The van der Waals surface area contributed by atoms with Crippen LogP contribution in [-0.2, 0) is 14.3 Å². The van der Waals surface area contributed by atoms with E-state index < -0.39 is 17.9 Å². The molecule has 138 valence electrons. The third-order valence-electron chi connectivity index (χ3n) is 3.90. The quantitative estimate of drug-likeness (QED) is 0.414. The molecule has 8 heteroatoms. The number of amides is 1. The molecule has 5 nitrogen and oxygen atoms in total. The molecule has 2 aromatic carbocycles. The van der Waals surface area contributed by atoms with Gasteiger partial charge >= 0.3 is 5.97 Å². The maximum absolute atomic E-state index is 13.0. The van der Waals surface area contributed by atoms with E-state index in [0.29, 0.717) is 16.0 Å². The molecule has 1 saturated heterocycles. The summed E-state index contributed by atoms with van der Waals surface area (Å²) in [5.74, 6) is -0.955. The molecule has 1 amide bonds. The van der Waals surface area contributed by atoms with Crippen LogP contribution in [0.5, 0.6) is 5.75 Å².